The van der Waals surface area contributed by atoms with Crippen LogP contribution in [0.15, 0.2) is 59.8 Å². The topological polar surface area (TPSA) is 39.4 Å². The van der Waals surface area contributed by atoms with E-state index in [1.807, 2.05) is 25.1 Å². The summed E-state index contributed by atoms with van der Waals surface area (Å²) in [6.07, 6.45) is 0. The molecular weight excluding hydrogens is 330 g/mol. The summed E-state index contributed by atoms with van der Waals surface area (Å²) in [5.74, 6) is 1.73. The fraction of sp³-hybridized carbons (Fsp3) is 0.200. The quantitative estimate of drug-likeness (QED) is 0.481. The minimum absolute atomic E-state index is 0.666. The first-order valence-electron chi connectivity index (χ1n) is 8.35. The molecule has 4 aromatic rings. The van der Waals surface area contributed by atoms with Gasteiger partial charge in [-0.2, -0.15) is 0 Å². The Kier molecular flexibility index (Phi) is 4.32. The SMILES string of the molecule is CCOc1ccccc1CSc1nnc2cc(C)c3ccccc3n12. The van der Waals surface area contributed by atoms with Gasteiger partial charge in [-0.3, -0.25) is 4.40 Å². The van der Waals surface area contributed by atoms with Gasteiger partial charge in [-0.25, -0.2) is 0 Å². The van der Waals surface area contributed by atoms with Crippen LogP contribution in [0.2, 0.25) is 0 Å². The molecule has 0 spiro atoms. The summed E-state index contributed by atoms with van der Waals surface area (Å²) in [5.41, 5.74) is 4.41. The summed E-state index contributed by atoms with van der Waals surface area (Å²) in [5, 5.41) is 10.9. The molecular formula is C20H19N3OS. The summed E-state index contributed by atoms with van der Waals surface area (Å²) in [6.45, 7) is 4.78. The number of para-hydroxylation sites is 2. The molecule has 126 valence electrons. The number of nitrogens with zero attached hydrogens (tertiary/aromatic N) is 3. The highest BCUT2D eigenvalue weighted by Gasteiger charge is 2.12. The molecule has 0 atom stereocenters. The van der Waals surface area contributed by atoms with E-state index < -0.39 is 0 Å². The minimum Gasteiger partial charge on any atom is -0.494 e. The van der Waals surface area contributed by atoms with E-state index in [4.69, 9.17) is 4.74 Å². The molecule has 4 nitrogen and oxygen atoms in total. The Morgan fingerprint density at radius 1 is 1.04 bits per heavy atom. The predicted octanol–water partition coefficient (Wildman–Crippen LogP) is 4.88. The van der Waals surface area contributed by atoms with Gasteiger partial charge < -0.3 is 4.74 Å². The van der Waals surface area contributed by atoms with Crippen molar-refractivity contribution in [3.63, 3.8) is 0 Å². The lowest BCUT2D eigenvalue weighted by Gasteiger charge is -2.10. The van der Waals surface area contributed by atoms with Gasteiger partial charge >= 0.3 is 0 Å². The van der Waals surface area contributed by atoms with Gasteiger partial charge in [-0.05, 0) is 37.6 Å². The van der Waals surface area contributed by atoms with E-state index in [2.05, 4.69) is 57.9 Å². The molecule has 0 aliphatic rings. The molecule has 4 rings (SSSR count). The summed E-state index contributed by atoms with van der Waals surface area (Å²) in [7, 11) is 0. The number of pyridine rings is 1. The van der Waals surface area contributed by atoms with E-state index in [0.29, 0.717) is 6.61 Å². The molecule has 2 heterocycles. The maximum absolute atomic E-state index is 5.72. The average molecular weight is 349 g/mol. The zero-order valence-electron chi connectivity index (χ0n) is 14.3. The van der Waals surface area contributed by atoms with E-state index in [-0.39, 0.29) is 0 Å². The Labute approximate surface area is 150 Å². The zero-order valence-corrected chi connectivity index (χ0v) is 15.1. The van der Waals surface area contributed by atoms with Crippen LogP contribution in [0.4, 0.5) is 0 Å². The van der Waals surface area contributed by atoms with Gasteiger partial charge in [-0.15, -0.1) is 10.2 Å². The second kappa shape index (κ2) is 6.76. The Balaban J connectivity index is 1.72. The Hall–Kier alpha value is -2.53. The van der Waals surface area contributed by atoms with Crippen LogP contribution in [-0.4, -0.2) is 21.2 Å². The fourth-order valence-corrected chi connectivity index (χ4v) is 3.97. The number of aryl methyl sites for hydroxylation is 1. The lowest BCUT2D eigenvalue weighted by atomic mass is 10.1. The van der Waals surface area contributed by atoms with Crippen molar-refractivity contribution in [3.8, 4) is 5.75 Å². The van der Waals surface area contributed by atoms with E-state index in [1.165, 1.54) is 16.5 Å². The molecule has 0 N–H and O–H groups in total. The Morgan fingerprint density at radius 3 is 2.72 bits per heavy atom. The van der Waals surface area contributed by atoms with Gasteiger partial charge in [0.15, 0.2) is 10.8 Å². The van der Waals surface area contributed by atoms with Gasteiger partial charge in [0.05, 0.1) is 12.1 Å². The smallest absolute Gasteiger partial charge is 0.196 e. The standard InChI is InChI=1S/C20H19N3OS/c1-3-24-18-11-7-4-8-15(18)13-25-20-22-21-19-12-14(2)16-9-5-6-10-17(16)23(19)20/h4-12H,3,13H2,1-2H3. The van der Waals surface area contributed by atoms with Crippen molar-refractivity contribution in [1.82, 2.24) is 14.6 Å². The van der Waals surface area contributed by atoms with Crippen LogP contribution < -0.4 is 4.74 Å². The number of fused-ring (bicyclic) bond motifs is 3. The number of thioether (sulfide) groups is 1. The fourth-order valence-electron chi connectivity index (χ4n) is 3.03. The van der Waals surface area contributed by atoms with Crippen LogP contribution in [0.5, 0.6) is 5.75 Å². The second-order valence-electron chi connectivity index (χ2n) is 5.85. The maximum atomic E-state index is 5.72. The molecule has 0 saturated carbocycles. The summed E-state index contributed by atoms with van der Waals surface area (Å²) in [4.78, 5) is 0. The van der Waals surface area contributed by atoms with Gasteiger partial charge in [0, 0.05) is 16.7 Å². The average Bonchev–Trinajstić information content (AvgIpc) is 3.04. The van der Waals surface area contributed by atoms with E-state index in [0.717, 1.165) is 27.8 Å². The van der Waals surface area contributed by atoms with Gasteiger partial charge in [0.2, 0.25) is 0 Å². The number of rotatable bonds is 5. The third-order valence-electron chi connectivity index (χ3n) is 4.20. The van der Waals surface area contributed by atoms with Crippen molar-refractivity contribution in [2.24, 2.45) is 0 Å². The third-order valence-corrected chi connectivity index (χ3v) is 5.18. The molecule has 5 heteroatoms. The van der Waals surface area contributed by atoms with Gasteiger partial charge in [0.1, 0.15) is 5.75 Å². The lowest BCUT2D eigenvalue weighted by Crippen LogP contribution is -1.96. The van der Waals surface area contributed by atoms with Crippen molar-refractivity contribution >= 4 is 28.3 Å². The van der Waals surface area contributed by atoms with Crippen LogP contribution >= 0.6 is 11.8 Å². The molecule has 0 bridgehead atoms. The summed E-state index contributed by atoms with van der Waals surface area (Å²) < 4.78 is 7.86. The molecule has 0 amide bonds. The molecule has 0 aliphatic carbocycles. The van der Waals surface area contributed by atoms with Gasteiger partial charge in [0.25, 0.3) is 0 Å². The largest absolute Gasteiger partial charge is 0.494 e. The van der Waals surface area contributed by atoms with Gasteiger partial charge in [-0.1, -0.05) is 48.2 Å². The Morgan fingerprint density at radius 2 is 1.84 bits per heavy atom. The van der Waals surface area contributed by atoms with E-state index in [9.17, 15) is 0 Å². The first-order valence-corrected chi connectivity index (χ1v) is 9.33. The number of ether oxygens (including phenoxy) is 1. The van der Waals surface area contributed by atoms with Crippen LogP contribution in [0.1, 0.15) is 18.1 Å². The van der Waals surface area contributed by atoms with Crippen LogP contribution in [0.3, 0.4) is 0 Å². The molecule has 2 aromatic carbocycles. The minimum atomic E-state index is 0.666. The highest BCUT2D eigenvalue weighted by molar-refractivity contribution is 7.98. The normalized spacial score (nSPS) is 11.3. The van der Waals surface area contributed by atoms with Crippen molar-refractivity contribution in [2.45, 2.75) is 24.8 Å². The molecule has 0 radical (unpaired) electrons. The highest BCUT2D eigenvalue weighted by Crippen LogP contribution is 2.30. The lowest BCUT2D eigenvalue weighted by molar-refractivity contribution is 0.337. The van der Waals surface area contributed by atoms with Crippen molar-refractivity contribution in [2.75, 3.05) is 6.61 Å². The van der Waals surface area contributed by atoms with E-state index in [1.54, 1.807) is 11.8 Å². The molecule has 0 fully saturated rings. The first kappa shape index (κ1) is 16.0. The second-order valence-corrected chi connectivity index (χ2v) is 6.79. The van der Waals surface area contributed by atoms with E-state index >= 15 is 0 Å². The van der Waals surface area contributed by atoms with Crippen molar-refractivity contribution in [3.05, 3.63) is 65.7 Å². The number of hydrogen-bond donors (Lipinski definition) is 0. The number of hydrogen-bond acceptors (Lipinski definition) is 4. The van der Waals surface area contributed by atoms with Crippen molar-refractivity contribution in [1.29, 1.82) is 0 Å². The molecule has 0 saturated heterocycles. The highest BCUT2D eigenvalue weighted by atomic mass is 32.2. The molecule has 0 aliphatic heterocycles. The first-order chi connectivity index (χ1) is 12.3. The summed E-state index contributed by atoms with van der Waals surface area (Å²) >= 11 is 1.68. The molecule has 0 unspecified atom stereocenters. The van der Waals surface area contributed by atoms with Crippen LogP contribution in [-0.2, 0) is 5.75 Å². The maximum Gasteiger partial charge on any atom is 0.196 e. The monoisotopic (exact) mass is 349 g/mol. The molecule has 25 heavy (non-hydrogen) atoms. The van der Waals surface area contributed by atoms with Crippen LogP contribution in [0, 0.1) is 6.92 Å². The predicted molar refractivity (Wildman–Crippen MR) is 102 cm³/mol. The molecule has 2 aromatic heterocycles. The summed E-state index contributed by atoms with van der Waals surface area (Å²) in [6, 6.07) is 18.6. The van der Waals surface area contributed by atoms with Crippen molar-refractivity contribution < 1.29 is 4.74 Å². The number of aromatic nitrogens is 3. The number of benzene rings is 2. The Bertz CT molecular complexity index is 1040. The zero-order chi connectivity index (χ0) is 17.2. The van der Waals surface area contributed by atoms with Crippen LogP contribution in [0.25, 0.3) is 16.6 Å². The third kappa shape index (κ3) is 2.96.